The van der Waals surface area contributed by atoms with Crippen molar-refractivity contribution in [3.63, 3.8) is 0 Å². The van der Waals surface area contributed by atoms with Crippen molar-refractivity contribution in [1.29, 1.82) is 0 Å². The Morgan fingerprint density at radius 1 is 1.03 bits per heavy atom. The summed E-state index contributed by atoms with van der Waals surface area (Å²) in [7, 11) is 1.66. The lowest BCUT2D eigenvalue weighted by Crippen LogP contribution is -2.19. The van der Waals surface area contributed by atoms with Gasteiger partial charge in [0, 0.05) is 53.0 Å². The van der Waals surface area contributed by atoms with Crippen LogP contribution in [0, 0.1) is 13.8 Å². The van der Waals surface area contributed by atoms with Gasteiger partial charge in [0.2, 0.25) is 0 Å². The second-order valence-corrected chi connectivity index (χ2v) is 7.80. The van der Waals surface area contributed by atoms with Gasteiger partial charge in [-0.2, -0.15) is 5.10 Å². The van der Waals surface area contributed by atoms with Crippen LogP contribution in [0.3, 0.4) is 0 Å². The van der Waals surface area contributed by atoms with E-state index in [1.54, 1.807) is 13.3 Å². The molecule has 0 atom stereocenters. The van der Waals surface area contributed by atoms with Gasteiger partial charge < -0.3 is 14.2 Å². The van der Waals surface area contributed by atoms with Crippen LogP contribution < -0.4 is 15.1 Å². The Morgan fingerprint density at radius 2 is 1.77 bits per heavy atom. The maximum Gasteiger partial charge on any atom is 0.271 e. The van der Waals surface area contributed by atoms with Crippen molar-refractivity contribution in [3.05, 3.63) is 77.1 Å². The molecule has 3 aromatic rings. The molecule has 31 heavy (non-hydrogen) atoms. The number of hydrogen-bond donors (Lipinski definition) is 1. The third-order valence-corrected chi connectivity index (χ3v) is 5.75. The zero-order valence-electron chi connectivity index (χ0n) is 18.3. The smallest absolute Gasteiger partial charge is 0.271 e. The van der Waals surface area contributed by atoms with Gasteiger partial charge in [-0.15, -0.1) is 0 Å². The van der Waals surface area contributed by atoms with E-state index in [0.29, 0.717) is 5.56 Å². The van der Waals surface area contributed by atoms with Gasteiger partial charge in [0.25, 0.3) is 5.91 Å². The summed E-state index contributed by atoms with van der Waals surface area (Å²) in [5.41, 5.74) is 8.50. The highest BCUT2D eigenvalue weighted by Crippen LogP contribution is 2.23. The van der Waals surface area contributed by atoms with Crippen molar-refractivity contribution in [2.45, 2.75) is 26.7 Å². The van der Waals surface area contributed by atoms with Crippen molar-refractivity contribution in [1.82, 2.24) is 9.99 Å². The van der Waals surface area contributed by atoms with Crippen LogP contribution in [0.25, 0.3) is 5.69 Å². The fourth-order valence-electron chi connectivity index (χ4n) is 4.09. The summed E-state index contributed by atoms with van der Waals surface area (Å²) in [5, 5.41) is 4.19. The van der Waals surface area contributed by atoms with E-state index in [-0.39, 0.29) is 5.91 Å². The van der Waals surface area contributed by atoms with E-state index in [2.05, 4.69) is 26.1 Å². The number of anilines is 1. The summed E-state index contributed by atoms with van der Waals surface area (Å²) in [6, 6.07) is 17.7. The average Bonchev–Trinajstić information content (AvgIpc) is 3.42. The van der Waals surface area contributed by atoms with Crippen LogP contribution in [-0.4, -0.2) is 36.9 Å². The number of hydrazone groups is 1. The first-order chi connectivity index (χ1) is 15.1. The fourth-order valence-corrected chi connectivity index (χ4v) is 4.09. The first kappa shape index (κ1) is 20.7. The molecule has 0 spiro atoms. The van der Waals surface area contributed by atoms with E-state index < -0.39 is 0 Å². The zero-order chi connectivity index (χ0) is 21.8. The molecule has 6 heteroatoms. The van der Waals surface area contributed by atoms with Crippen LogP contribution in [0.5, 0.6) is 5.75 Å². The van der Waals surface area contributed by atoms with Crippen LogP contribution in [0.4, 0.5) is 5.69 Å². The number of aryl methyl sites for hydroxylation is 1. The Morgan fingerprint density at radius 3 is 2.48 bits per heavy atom. The monoisotopic (exact) mass is 416 g/mol. The van der Waals surface area contributed by atoms with Crippen molar-refractivity contribution >= 4 is 17.8 Å². The molecule has 1 saturated heterocycles. The van der Waals surface area contributed by atoms with E-state index >= 15 is 0 Å². The van der Waals surface area contributed by atoms with Crippen LogP contribution in [0.15, 0.2) is 59.7 Å². The van der Waals surface area contributed by atoms with Gasteiger partial charge in [-0.25, -0.2) is 5.43 Å². The molecular weight excluding hydrogens is 388 g/mol. The topological polar surface area (TPSA) is 58.9 Å². The van der Waals surface area contributed by atoms with Gasteiger partial charge in [0.1, 0.15) is 5.75 Å². The molecule has 2 heterocycles. The summed E-state index contributed by atoms with van der Waals surface area (Å²) in [5.74, 6) is 0.592. The van der Waals surface area contributed by atoms with Crippen molar-refractivity contribution < 1.29 is 9.53 Å². The minimum atomic E-state index is -0.217. The minimum absolute atomic E-state index is 0.217. The molecule has 1 aliphatic rings. The molecule has 1 aromatic heterocycles. The molecule has 0 aliphatic carbocycles. The molecule has 0 unspecified atom stereocenters. The van der Waals surface area contributed by atoms with Crippen LogP contribution in [0.2, 0.25) is 0 Å². The molecule has 160 valence electrons. The highest BCUT2D eigenvalue weighted by Gasteiger charge is 2.13. The number of methoxy groups -OCH3 is 1. The number of carbonyl (C=O) groups excluding carboxylic acids is 1. The second kappa shape index (κ2) is 9.08. The Hall–Kier alpha value is -3.54. The number of ether oxygens (including phenoxy) is 1. The summed E-state index contributed by atoms with van der Waals surface area (Å²) in [6.07, 6.45) is 4.15. The number of aromatic nitrogens is 1. The van der Waals surface area contributed by atoms with Crippen molar-refractivity contribution in [2.75, 3.05) is 25.1 Å². The molecule has 4 rings (SSSR count). The predicted octanol–water partition coefficient (Wildman–Crippen LogP) is 4.47. The van der Waals surface area contributed by atoms with Gasteiger partial charge in [0.05, 0.1) is 13.3 Å². The molecule has 1 amide bonds. The first-order valence-electron chi connectivity index (χ1n) is 10.6. The van der Waals surface area contributed by atoms with E-state index in [9.17, 15) is 4.79 Å². The highest BCUT2D eigenvalue weighted by atomic mass is 16.5. The van der Waals surface area contributed by atoms with Gasteiger partial charge in [-0.1, -0.05) is 6.07 Å². The fraction of sp³-hybridized carbons (Fsp3) is 0.280. The first-order valence-corrected chi connectivity index (χ1v) is 10.6. The summed E-state index contributed by atoms with van der Waals surface area (Å²) >= 11 is 0. The Balaban J connectivity index is 1.44. The number of rotatable bonds is 6. The molecule has 0 bridgehead atoms. The van der Waals surface area contributed by atoms with Gasteiger partial charge in [-0.05, 0) is 69.2 Å². The third-order valence-electron chi connectivity index (χ3n) is 5.75. The second-order valence-electron chi connectivity index (χ2n) is 7.80. The Kier molecular flexibility index (Phi) is 6.07. The normalized spacial score (nSPS) is 13.7. The molecule has 6 nitrogen and oxygen atoms in total. The number of carbonyl (C=O) groups is 1. The maximum atomic E-state index is 12.5. The Labute approximate surface area is 183 Å². The van der Waals surface area contributed by atoms with Crippen molar-refractivity contribution in [2.24, 2.45) is 5.10 Å². The number of nitrogens with one attached hydrogen (secondary N) is 1. The van der Waals surface area contributed by atoms with Crippen LogP contribution in [-0.2, 0) is 0 Å². The molecule has 2 aromatic carbocycles. The van der Waals surface area contributed by atoms with Gasteiger partial charge >= 0.3 is 0 Å². The van der Waals surface area contributed by atoms with E-state index in [1.165, 1.54) is 18.5 Å². The lowest BCUT2D eigenvalue weighted by Gasteiger charge is -2.17. The van der Waals surface area contributed by atoms with Gasteiger partial charge in [0.15, 0.2) is 0 Å². The van der Waals surface area contributed by atoms with E-state index in [4.69, 9.17) is 4.74 Å². The summed E-state index contributed by atoms with van der Waals surface area (Å²) in [4.78, 5) is 14.8. The number of hydrogen-bond acceptors (Lipinski definition) is 4. The van der Waals surface area contributed by atoms with Crippen molar-refractivity contribution in [3.8, 4) is 11.4 Å². The lowest BCUT2D eigenvalue weighted by molar-refractivity contribution is 0.0955. The van der Waals surface area contributed by atoms with Crippen LogP contribution >= 0.6 is 0 Å². The summed E-state index contributed by atoms with van der Waals surface area (Å²) < 4.78 is 7.48. The lowest BCUT2D eigenvalue weighted by atomic mass is 10.2. The quantitative estimate of drug-likeness (QED) is 0.477. The molecule has 0 radical (unpaired) electrons. The number of nitrogens with zero attached hydrogens (tertiary/aromatic N) is 3. The number of benzene rings is 2. The summed E-state index contributed by atoms with van der Waals surface area (Å²) in [6.45, 7) is 6.26. The largest absolute Gasteiger partial charge is 0.497 e. The van der Waals surface area contributed by atoms with Gasteiger partial charge in [-0.3, -0.25) is 4.79 Å². The minimum Gasteiger partial charge on any atom is -0.497 e. The Bertz CT molecular complexity index is 1090. The molecule has 0 saturated carbocycles. The third kappa shape index (κ3) is 4.48. The predicted molar refractivity (Wildman–Crippen MR) is 125 cm³/mol. The van der Waals surface area contributed by atoms with E-state index in [1.807, 2.05) is 62.4 Å². The average molecular weight is 417 g/mol. The highest BCUT2D eigenvalue weighted by molar-refractivity contribution is 5.95. The molecule has 1 N–H and O–H groups in total. The zero-order valence-corrected chi connectivity index (χ0v) is 18.3. The molecule has 1 aliphatic heterocycles. The maximum absolute atomic E-state index is 12.5. The molecular formula is C25H28N4O2. The molecule has 1 fully saturated rings. The number of amides is 1. The van der Waals surface area contributed by atoms with E-state index in [0.717, 1.165) is 41.5 Å². The SMILES string of the molecule is COc1cccc(-n2c(C)cc(/C=N/NC(=O)c3ccc(N4CCCC4)cc3)c2C)c1. The van der Waals surface area contributed by atoms with Crippen LogP contribution in [0.1, 0.15) is 40.2 Å². The standard InChI is InChI=1S/C25H28N4O2/c1-18-15-21(19(2)29(18)23-7-6-8-24(16-23)31-3)17-26-27-25(30)20-9-11-22(12-10-20)28-13-4-5-14-28/h6-12,15-17H,4-5,13-14H2,1-3H3,(H,27,30)/b26-17+.